The first kappa shape index (κ1) is 16.7. The van der Waals surface area contributed by atoms with Crippen molar-refractivity contribution in [2.45, 2.75) is 13.3 Å². The van der Waals surface area contributed by atoms with Crippen molar-refractivity contribution >= 4 is 17.5 Å². The number of hydrogen-bond acceptors (Lipinski definition) is 4. The van der Waals surface area contributed by atoms with Crippen LogP contribution in [0.3, 0.4) is 0 Å². The third-order valence-corrected chi connectivity index (χ3v) is 4.22. The van der Waals surface area contributed by atoms with Crippen molar-refractivity contribution in [3.8, 4) is 0 Å². The maximum atomic E-state index is 12.6. The zero-order chi connectivity index (χ0) is 18.8. The number of aromatic nitrogens is 4. The van der Waals surface area contributed by atoms with E-state index in [1.807, 2.05) is 49.4 Å². The van der Waals surface area contributed by atoms with Crippen LogP contribution in [0.4, 0.5) is 5.82 Å². The number of fused-ring (bicyclic) bond motifs is 1. The van der Waals surface area contributed by atoms with Gasteiger partial charge in [-0.15, -0.1) is 5.10 Å². The number of H-pyrrole nitrogens is 1. The number of aromatic amines is 1. The summed E-state index contributed by atoms with van der Waals surface area (Å²) in [7, 11) is 0. The summed E-state index contributed by atoms with van der Waals surface area (Å²) in [6, 6.07) is 18.3. The fourth-order valence-corrected chi connectivity index (χ4v) is 2.89. The van der Waals surface area contributed by atoms with Crippen LogP contribution in [-0.4, -0.2) is 25.5 Å². The largest absolute Gasteiger partial charge is 0.306 e. The van der Waals surface area contributed by atoms with Crippen LogP contribution in [-0.2, 0) is 6.42 Å². The molecule has 2 N–H and O–H groups in total. The second kappa shape index (κ2) is 6.87. The summed E-state index contributed by atoms with van der Waals surface area (Å²) >= 11 is 0. The van der Waals surface area contributed by atoms with Crippen molar-refractivity contribution < 1.29 is 4.79 Å². The number of amides is 1. The van der Waals surface area contributed by atoms with E-state index in [4.69, 9.17) is 0 Å². The normalized spacial score (nSPS) is 10.9. The van der Waals surface area contributed by atoms with Crippen molar-refractivity contribution in [3.05, 3.63) is 93.5 Å². The summed E-state index contributed by atoms with van der Waals surface area (Å²) in [5.41, 5.74) is 2.08. The van der Waals surface area contributed by atoms with E-state index in [2.05, 4.69) is 20.4 Å². The molecule has 2 aromatic carbocycles. The van der Waals surface area contributed by atoms with Crippen LogP contribution >= 0.6 is 0 Å². The van der Waals surface area contributed by atoms with Gasteiger partial charge in [-0.25, -0.2) is 0 Å². The molecule has 2 heterocycles. The van der Waals surface area contributed by atoms with E-state index >= 15 is 0 Å². The maximum absolute atomic E-state index is 12.6. The van der Waals surface area contributed by atoms with E-state index in [1.54, 1.807) is 12.1 Å². The van der Waals surface area contributed by atoms with E-state index in [0.717, 1.165) is 11.1 Å². The molecule has 7 heteroatoms. The molecule has 0 saturated carbocycles. The first-order chi connectivity index (χ1) is 13.1. The van der Waals surface area contributed by atoms with Gasteiger partial charge in [0.05, 0.1) is 0 Å². The van der Waals surface area contributed by atoms with Gasteiger partial charge in [-0.1, -0.05) is 48.5 Å². The first-order valence-corrected chi connectivity index (χ1v) is 8.50. The number of aryl methyl sites for hydroxylation is 1. The van der Waals surface area contributed by atoms with Crippen molar-refractivity contribution in [2.24, 2.45) is 0 Å². The average molecular weight is 359 g/mol. The lowest BCUT2D eigenvalue weighted by Crippen LogP contribution is -2.19. The molecule has 134 valence electrons. The molecule has 4 rings (SSSR count). The second-order valence-electron chi connectivity index (χ2n) is 6.21. The third kappa shape index (κ3) is 3.48. The predicted molar refractivity (Wildman–Crippen MR) is 102 cm³/mol. The number of nitrogens with one attached hydrogen (secondary N) is 2. The number of carbonyl (C=O) groups excluding carboxylic acids is 1. The van der Waals surface area contributed by atoms with Gasteiger partial charge >= 0.3 is 0 Å². The molecule has 4 aromatic rings. The summed E-state index contributed by atoms with van der Waals surface area (Å²) in [5.74, 6) is 0.803. The minimum absolute atomic E-state index is 0.272. The Kier molecular flexibility index (Phi) is 4.25. The fourth-order valence-electron chi connectivity index (χ4n) is 2.89. The van der Waals surface area contributed by atoms with Crippen LogP contribution in [0.2, 0.25) is 0 Å². The topological polar surface area (TPSA) is 92.1 Å². The molecular formula is C20H17N5O2. The van der Waals surface area contributed by atoms with Crippen molar-refractivity contribution in [1.29, 1.82) is 0 Å². The summed E-state index contributed by atoms with van der Waals surface area (Å²) in [5, 5.41) is 7.20. The molecule has 1 amide bonds. The number of nitrogens with zero attached hydrogens (tertiary/aromatic N) is 3. The van der Waals surface area contributed by atoms with Crippen LogP contribution in [0, 0.1) is 6.92 Å². The monoisotopic (exact) mass is 359 g/mol. The molecule has 0 unspecified atom stereocenters. The van der Waals surface area contributed by atoms with Crippen LogP contribution in [0.1, 0.15) is 27.3 Å². The Morgan fingerprint density at radius 1 is 1.11 bits per heavy atom. The molecule has 0 saturated heterocycles. The van der Waals surface area contributed by atoms with E-state index in [1.165, 1.54) is 10.6 Å². The Balaban J connectivity index is 1.69. The third-order valence-electron chi connectivity index (χ3n) is 4.22. The quantitative estimate of drug-likeness (QED) is 0.586. The summed E-state index contributed by atoms with van der Waals surface area (Å²) in [6.07, 6.45) is 0.524. The lowest BCUT2D eigenvalue weighted by atomic mass is 10.1. The minimum atomic E-state index is -0.360. The molecule has 0 atom stereocenters. The standard InChI is InChI=1S/C20H17N5O2/c1-13-7-5-6-10-15(13)19(27)22-17-12-18(26)23-20-21-16(24-25(17)20)11-14-8-3-2-4-9-14/h2-10,12H,11H2,1H3,(H,22,27)(H,21,23,24,26). The van der Waals surface area contributed by atoms with Gasteiger partial charge in [0.1, 0.15) is 5.82 Å². The lowest BCUT2D eigenvalue weighted by Gasteiger charge is -2.08. The SMILES string of the molecule is Cc1ccccc1C(=O)Nc1cc(=O)[nH]c2nc(Cc3ccccc3)nn12. The zero-order valence-electron chi connectivity index (χ0n) is 14.6. The summed E-state index contributed by atoms with van der Waals surface area (Å²) < 4.78 is 1.44. The van der Waals surface area contributed by atoms with Crippen molar-refractivity contribution in [1.82, 2.24) is 19.6 Å². The summed E-state index contributed by atoms with van der Waals surface area (Å²) in [4.78, 5) is 31.6. The molecule has 0 spiro atoms. The van der Waals surface area contributed by atoms with E-state index in [0.29, 0.717) is 17.8 Å². The smallest absolute Gasteiger partial charge is 0.257 e. The Morgan fingerprint density at radius 2 is 1.85 bits per heavy atom. The number of hydrogen-bond donors (Lipinski definition) is 2. The molecule has 0 aliphatic heterocycles. The van der Waals surface area contributed by atoms with Gasteiger partial charge in [-0.3, -0.25) is 14.6 Å². The van der Waals surface area contributed by atoms with Crippen molar-refractivity contribution in [3.63, 3.8) is 0 Å². The molecular weight excluding hydrogens is 342 g/mol. The molecule has 27 heavy (non-hydrogen) atoms. The number of anilines is 1. The van der Waals surface area contributed by atoms with Gasteiger partial charge in [0.25, 0.3) is 11.5 Å². The Hall–Kier alpha value is -3.74. The van der Waals surface area contributed by atoms with E-state index < -0.39 is 0 Å². The minimum Gasteiger partial charge on any atom is -0.306 e. The van der Waals surface area contributed by atoms with Gasteiger partial charge in [0.2, 0.25) is 5.78 Å². The zero-order valence-corrected chi connectivity index (χ0v) is 14.6. The molecule has 0 aliphatic carbocycles. The molecule has 0 aliphatic rings. The molecule has 2 aromatic heterocycles. The van der Waals surface area contributed by atoms with Gasteiger partial charge < -0.3 is 5.32 Å². The van der Waals surface area contributed by atoms with Gasteiger partial charge in [-0.05, 0) is 24.1 Å². The van der Waals surface area contributed by atoms with E-state index in [9.17, 15) is 9.59 Å². The highest BCUT2D eigenvalue weighted by Crippen LogP contribution is 2.13. The first-order valence-electron chi connectivity index (χ1n) is 8.50. The molecule has 0 bridgehead atoms. The fraction of sp³-hybridized carbons (Fsp3) is 0.100. The highest BCUT2D eigenvalue weighted by molar-refractivity contribution is 6.04. The second-order valence-corrected chi connectivity index (χ2v) is 6.21. The van der Waals surface area contributed by atoms with Crippen molar-refractivity contribution in [2.75, 3.05) is 5.32 Å². The van der Waals surface area contributed by atoms with Crippen LogP contribution < -0.4 is 10.9 Å². The lowest BCUT2D eigenvalue weighted by molar-refractivity contribution is 0.102. The average Bonchev–Trinajstić information content (AvgIpc) is 3.05. The number of carbonyl (C=O) groups is 1. The predicted octanol–water partition coefficient (Wildman–Crippen LogP) is 2.57. The number of benzene rings is 2. The van der Waals surface area contributed by atoms with E-state index in [-0.39, 0.29) is 23.1 Å². The van der Waals surface area contributed by atoms with Crippen LogP contribution in [0.15, 0.2) is 65.5 Å². The molecule has 0 radical (unpaired) electrons. The highest BCUT2D eigenvalue weighted by Gasteiger charge is 2.14. The highest BCUT2D eigenvalue weighted by atomic mass is 16.2. The van der Waals surface area contributed by atoms with Crippen LogP contribution in [0.25, 0.3) is 5.78 Å². The van der Waals surface area contributed by atoms with Gasteiger partial charge in [0, 0.05) is 18.1 Å². The molecule has 0 fully saturated rings. The van der Waals surface area contributed by atoms with Gasteiger partial charge in [-0.2, -0.15) is 9.50 Å². The van der Waals surface area contributed by atoms with Gasteiger partial charge in [0.15, 0.2) is 5.82 Å². The Morgan fingerprint density at radius 3 is 2.63 bits per heavy atom. The Labute approximate surface area is 154 Å². The Bertz CT molecular complexity index is 1180. The summed E-state index contributed by atoms with van der Waals surface area (Å²) in [6.45, 7) is 1.86. The van der Waals surface area contributed by atoms with Crippen LogP contribution in [0.5, 0.6) is 0 Å². The maximum Gasteiger partial charge on any atom is 0.257 e. The molecule has 7 nitrogen and oxygen atoms in total. The number of rotatable bonds is 4.